The molecule has 2 atom stereocenters. The lowest BCUT2D eigenvalue weighted by atomic mass is 9.92. The standard InChI is InChI=1S/C11H16O4/c1-8(7-13)6-9(2)11(15)10(14)4-3-5-12/h5,7-9H,3-4,6H2,1-2H3. The van der Waals surface area contributed by atoms with Crippen molar-refractivity contribution in [2.45, 2.75) is 33.1 Å². The van der Waals surface area contributed by atoms with Crippen LogP contribution in [-0.2, 0) is 19.2 Å². The van der Waals surface area contributed by atoms with Gasteiger partial charge in [0.1, 0.15) is 12.6 Å². The molecule has 0 aliphatic carbocycles. The van der Waals surface area contributed by atoms with Crippen molar-refractivity contribution in [3.8, 4) is 0 Å². The van der Waals surface area contributed by atoms with Crippen LogP contribution in [0.2, 0.25) is 0 Å². The molecule has 0 bridgehead atoms. The van der Waals surface area contributed by atoms with Gasteiger partial charge in [-0.1, -0.05) is 13.8 Å². The Morgan fingerprint density at radius 3 is 2.27 bits per heavy atom. The number of Topliss-reactive ketones (excluding diaryl/α,β-unsaturated/α-hetero) is 2. The molecule has 0 heterocycles. The van der Waals surface area contributed by atoms with E-state index in [1.807, 2.05) is 0 Å². The van der Waals surface area contributed by atoms with Gasteiger partial charge < -0.3 is 9.59 Å². The molecule has 0 N–H and O–H groups in total. The molecule has 0 spiro atoms. The average molecular weight is 212 g/mol. The van der Waals surface area contributed by atoms with Crippen molar-refractivity contribution in [2.75, 3.05) is 0 Å². The lowest BCUT2D eigenvalue weighted by Gasteiger charge is -2.10. The van der Waals surface area contributed by atoms with Crippen LogP contribution in [-0.4, -0.2) is 24.1 Å². The minimum absolute atomic E-state index is 0.0257. The summed E-state index contributed by atoms with van der Waals surface area (Å²) in [6.45, 7) is 3.33. The molecule has 0 aliphatic rings. The maximum atomic E-state index is 11.4. The average Bonchev–Trinajstić information content (AvgIpc) is 2.24. The summed E-state index contributed by atoms with van der Waals surface area (Å²) in [5, 5.41) is 0. The second kappa shape index (κ2) is 7.04. The first-order chi connectivity index (χ1) is 7.02. The quantitative estimate of drug-likeness (QED) is 0.444. The van der Waals surface area contributed by atoms with Crippen LogP contribution in [0.15, 0.2) is 0 Å². The van der Waals surface area contributed by atoms with Gasteiger partial charge in [-0.05, 0) is 6.42 Å². The molecular weight excluding hydrogens is 196 g/mol. The fourth-order valence-electron chi connectivity index (χ4n) is 1.31. The van der Waals surface area contributed by atoms with Gasteiger partial charge in [0.05, 0.1) is 0 Å². The Kier molecular flexibility index (Phi) is 6.42. The maximum absolute atomic E-state index is 11.4. The summed E-state index contributed by atoms with van der Waals surface area (Å²) in [6.07, 6.45) is 1.82. The van der Waals surface area contributed by atoms with E-state index in [0.717, 1.165) is 6.29 Å². The third-order valence-corrected chi connectivity index (χ3v) is 2.17. The Labute approximate surface area is 89.0 Å². The van der Waals surface area contributed by atoms with Crippen LogP contribution >= 0.6 is 0 Å². The largest absolute Gasteiger partial charge is 0.303 e. The van der Waals surface area contributed by atoms with Crippen LogP contribution in [0, 0.1) is 11.8 Å². The van der Waals surface area contributed by atoms with Gasteiger partial charge in [-0.2, -0.15) is 0 Å². The van der Waals surface area contributed by atoms with Crippen LogP contribution in [0.4, 0.5) is 0 Å². The summed E-state index contributed by atoms with van der Waals surface area (Å²) in [4.78, 5) is 43.0. The van der Waals surface area contributed by atoms with Crippen LogP contribution in [0.3, 0.4) is 0 Å². The van der Waals surface area contributed by atoms with E-state index in [-0.39, 0.29) is 18.8 Å². The molecule has 0 aliphatic heterocycles. The van der Waals surface area contributed by atoms with Crippen molar-refractivity contribution >= 4 is 24.1 Å². The fraction of sp³-hybridized carbons (Fsp3) is 0.636. The zero-order chi connectivity index (χ0) is 11.8. The third kappa shape index (κ3) is 5.20. The molecule has 0 aromatic rings. The van der Waals surface area contributed by atoms with Crippen molar-refractivity contribution in [1.29, 1.82) is 0 Å². The molecule has 4 heteroatoms. The SMILES string of the molecule is CC(C=O)CC(C)C(=O)C(=O)CCC=O. The Morgan fingerprint density at radius 2 is 1.80 bits per heavy atom. The smallest absolute Gasteiger partial charge is 0.201 e. The summed E-state index contributed by atoms with van der Waals surface area (Å²) >= 11 is 0. The highest BCUT2D eigenvalue weighted by atomic mass is 16.2. The lowest BCUT2D eigenvalue weighted by molar-refractivity contribution is -0.139. The summed E-state index contributed by atoms with van der Waals surface area (Å²) in [5.74, 6) is -1.66. The van der Waals surface area contributed by atoms with E-state index in [1.54, 1.807) is 13.8 Å². The van der Waals surface area contributed by atoms with Crippen molar-refractivity contribution in [1.82, 2.24) is 0 Å². The monoisotopic (exact) mass is 212 g/mol. The predicted octanol–water partition coefficient (Wildman–Crippen LogP) is 0.965. The number of hydrogen-bond acceptors (Lipinski definition) is 4. The highest BCUT2D eigenvalue weighted by Crippen LogP contribution is 2.12. The molecule has 0 saturated heterocycles. The first-order valence-corrected chi connectivity index (χ1v) is 4.98. The van der Waals surface area contributed by atoms with Crippen LogP contribution < -0.4 is 0 Å². The van der Waals surface area contributed by atoms with E-state index in [1.165, 1.54) is 0 Å². The van der Waals surface area contributed by atoms with Gasteiger partial charge in [-0.3, -0.25) is 9.59 Å². The van der Waals surface area contributed by atoms with Gasteiger partial charge in [0.15, 0.2) is 5.78 Å². The van der Waals surface area contributed by atoms with Gasteiger partial charge in [-0.25, -0.2) is 0 Å². The molecule has 0 saturated carbocycles. The third-order valence-electron chi connectivity index (χ3n) is 2.17. The van der Waals surface area contributed by atoms with Gasteiger partial charge in [0.25, 0.3) is 0 Å². The zero-order valence-electron chi connectivity index (χ0n) is 9.06. The first-order valence-electron chi connectivity index (χ1n) is 4.98. The van der Waals surface area contributed by atoms with Gasteiger partial charge in [0, 0.05) is 24.7 Å². The normalized spacial score (nSPS) is 14.0. The lowest BCUT2D eigenvalue weighted by Crippen LogP contribution is -2.23. The Bertz CT molecular complexity index is 257. The van der Waals surface area contributed by atoms with Gasteiger partial charge in [-0.15, -0.1) is 0 Å². The zero-order valence-corrected chi connectivity index (χ0v) is 9.06. The Morgan fingerprint density at radius 1 is 1.20 bits per heavy atom. The molecule has 0 aromatic carbocycles. The summed E-state index contributed by atoms with van der Waals surface area (Å²) < 4.78 is 0. The molecule has 0 fully saturated rings. The Hall–Kier alpha value is -1.32. The number of aldehydes is 2. The number of carbonyl (C=O) groups excluding carboxylic acids is 4. The van der Waals surface area contributed by atoms with Gasteiger partial charge >= 0.3 is 0 Å². The van der Waals surface area contributed by atoms with Crippen molar-refractivity contribution in [3.05, 3.63) is 0 Å². The first kappa shape index (κ1) is 13.7. The minimum atomic E-state index is -0.521. The molecule has 0 radical (unpaired) electrons. The van der Waals surface area contributed by atoms with E-state index in [4.69, 9.17) is 0 Å². The summed E-state index contributed by atoms with van der Waals surface area (Å²) in [6, 6.07) is 0. The highest BCUT2D eigenvalue weighted by Gasteiger charge is 2.22. The van der Waals surface area contributed by atoms with Crippen molar-refractivity contribution in [2.24, 2.45) is 11.8 Å². The van der Waals surface area contributed by atoms with Crippen LogP contribution in [0.25, 0.3) is 0 Å². The van der Waals surface area contributed by atoms with Crippen molar-refractivity contribution < 1.29 is 19.2 Å². The van der Waals surface area contributed by atoms with Crippen molar-refractivity contribution in [3.63, 3.8) is 0 Å². The fourth-order valence-corrected chi connectivity index (χ4v) is 1.31. The number of carbonyl (C=O) groups is 4. The minimum Gasteiger partial charge on any atom is -0.303 e. The molecule has 0 amide bonds. The van der Waals surface area contributed by atoms with Gasteiger partial charge in [0.2, 0.25) is 5.78 Å². The highest BCUT2D eigenvalue weighted by molar-refractivity contribution is 6.38. The second-order valence-corrected chi connectivity index (χ2v) is 3.74. The summed E-state index contributed by atoms with van der Waals surface area (Å²) in [7, 11) is 0. The topological polar surface area (TPSA) is 68.3 Å². The summed E-state index contributed by atoms with van der Waals surface area (Å²) in [5.41, 5.74) is 0. The number of rotatable bonds is 8. The number of ketones is 2. The second-order valence-electron chi connectivity index (χ2n) is 3.74. The Balaban J connectivity index is 4.12. The molecular formula is C11H16O4. The van der Waals surface area contributed by atoms with E-state index < -0.39 is 17.5 Å². The van der Waals surface area contributed by atoms with Crippen LogP contribution in [0.1, 0.15) is 33.1 Å². The van der Waals surface area contributed by atoms with E-state index in [9.17, 15) is 19.2 Å². The van der Waals surface area contributed by atoms with Crippen LogP contribution in [0.5, 0.6) is 0 Å². The van der Waals surface area contributed by atoms with E-state index >= 15 is 0 Å². The molecule has 4 nitrogen and oxygen atoms in total. The predicted molar refractivity (Wildman–Crippen MR) is 54.3 cm³/mol. The molecule has 84 valence electrons. The maximum Gasteiger partial charge on any atom is 0.201 e. The van der Waals surface area contributed by atoms with E-state index in [0.29, 0.717) is 12.7 Å². The molecule has 2 unspecified atom stereocenters. The molecule has 15 heavy (non-hydrogen) atoms. The molecule has 0 aromatic heterocycles. The number of hydrogen-bond donors (Lipinski definition) is 0. The van der Waals surface area contributed by atoms with E-state index in [2.05, 4.69) is 0 Å². The molecule has 0 rings (SSSR count).